The van der Waals surface area contributed by atoms with E-state index in [1.807, 2.05) is 12.1 Å². The molecule has 0 aliphatic carbocycles. The van der Waals surface area contributed by atoms with Gasteiger partial charge < -0.3 is 14.8 Å². The van der Waals surface area contributed by atoms with Gasteiger partial charge in [-0.15, -0.1) is 0 Å². The van der Waals surface area contributed by atoms with Gasteiger partial charge in [-0.25, -0.2) is 9.97 Å². The van der Waals surface area contributed by atoms with Crippen LogP contribution in [0.1, 0.15) is 5.69 Å². The molecule has 0 saturated carbocycles. The average Bonchev–Trinajstić information content (AvgIpc) is 2.49. The summed E-state index contributed by atoms with van der Waals surface area (Å²) in [4.78, 5) is 9.01. The number of methoxy groups -OCH3 is 2. The van der Waals surface area contributed by atoms with E-state index in [2.05, 4.69) is 31.2 Å². The molecule has 2 rings (SSSR count). The zero-order valence-electron chi connectivity index (χ0n) is 11.9. The molecule has 7 heteroatoms. The summed E-state index contributed by atoms with van der Waals surface area (Å²) in [5.74, 6) is 1.77. The normalized spacial score (nSPS) is 10.5. The topological polar surface area (TPSA) is 56.3 Å². The van der Waals surface area contributed by atoms with Crippen LogP contribution in [0.15, 0.2) is 22.7 Å². The summed E-state index contributed by atoms with van der Waals surface area (Å²) in [7, 11) is 4.99. The third-order valence-electron chi connectivity index (χ3n) is 2.86. The van der Waals surface area contributed by atoms with Crippen molar-refractivity contribution >= 4 is 33.3 Å². The van der Waals surface area contributed by atoms with Gasteiger partial charge in [0, 0.05) is 14.2 Å². The lowest BCUT2D eigenvalue weighted by Gasteiger charge is -2.13. The summed E-state index contributed by atoms with van der Waals surface area (Å²) < 4.78 is 11.3. The molecule has 2 aromatic rings. The molecule has 0 radical (unpaired) electrons. The van der Waals surface area contributed by atoms with Gasteiger partial charge in [0.1, 0.15) is 11.6 Å². The van der Waals surface area contributed by atoms with Crippen molar-refractivity contribution in [3.8, 4) is 17.1 Å². The summed E-state index contributed by atoms with van der Waals surface area (Å²) in [5, 5.41) is 3.55. The molecule has 0 aliphatic rings. The number of nitrogens with one attached hydrogen (secondary N) is 1. The van der Waals surface area contributed by atoms with Gasteiger partial charge in [-0.05, 0) is 28.1 Å². The van der Waals surface area contributed by atoms with Gasteiger partial charge in [0.2, 0.25) is 0 Å². The SMILES string of the molecule is CNc1nc(-c2c(Cl)cccc2OC)nc(COC)c1Br. The minimum atomic E-state index is 0.359. The smallest absolute Gasteiger partial charge is 0.167 e. The molecule has 0 saturated heterocycles. The van der Waals surface area contributed by atoms with E-state index in [1.165, 1.54) is 0 Å². The van der Waals surface area contributed by atoms with Crippen LogP contribution in [-0.2, 0) is 11.3 Å². The fourth-order valence-electron chi connectivity index (χ4n) is 1.89. The second-order valence-corrected chi connectivity index (χ2v) is 5.36. The molecule has 1 aromatic carbocycles. The first-order valence-corrected chi connectivity index (χ1v) is 7.35. The minimum absolute atomic E-state index is 0.359. The molecule has 0 aliphatic heterocycles. The first-order chi connectivity index (χ1) is 10.1. The first kappa shape index (κ1) is 16.0. The third kappa shape index (κ3) is 3.28. The molecule has 1 aromatic heterocycles. The molecule has 112 valence electrons. The second-order valence-electron chi connectivity index (χ2n) is 4.16. The molecule has 5 nitrogen and oxygen atoms in total. The van der Waals surface area contributed by atoms with Crippen LogP contribution in [0.5, 0.6) is 5.75 Å². The van der Waals surface area contributed by atoms with Crippen LogP contribution in [-0.4, -0.2) is 31.2 Å². The van der Waals surface area contributed by atoms with Crippen LogP contribution in [0.2, 0.25) is 5.02 Å². The van der Waals surface area contributed by atoms with E-state index < -0.39 is 0 Å². The Hall–Kier alpha value is -1.37. The lowest BCUT2D eigenvalue weighted by atomic mass is 10.2. The Balaban J connectivity index is 2.67. The van der Waals surface area contributed by atoms with Crippen LogP contribution in [0, 0.1) is 0 Å². The van der Waals surface area contributed by atoms with Crippen LogP contribution >= 0.6 is 27.5 Å². The van der Waals surface area contributed by atoms with Crippen LogP contribution in [0.25, 0.3) is 11.4 Å². The van der Waals surface area contributed by atoms with Gasteiger partial charge >= 0.3 is 0 Å². The van der Waals surface area contributed by atoms with Gasteiger partial charge in [0.05, 0.1) is 34.5 Å². The van der Waals surface area contributed by atoms with Gasteiger partial charge in [0.15, 0.2) is 5.82 Å². The number of anilines is 1. The standard InChI is InChI=1S/C14H15BrClN3O2/c1-17-14-12(15)9(7-20-2)18-13(19-14)11-8(16)5-4-6-10(11)21-3/h4-6H,7H2,1-3H3,(H,17,18,19). The quantitative estimate of drug-likeness (QED) is 0.866. The highest BCUT2D eigenvalue weighted by molar-refractivity contribution is 9.10. The molecular formula is C14H15BrClN3O2. The van der Waals surface area contributed by atoms with Crippen molar-refractivity contribution in [2.75, 3.05) is 26.6 Å². The van der Waals surface area contributed by atoms with Gasteiger partial charge in [-0.1, -0.05) is 17.7 Å². The fraction of sp³-hybridized carbons (Fsp3) is 0.286. The number of benzene rings is 1. The molecular weight excluding hydrogens is 358 g/mol. The molecule has 0 amide bonds. The van der Waals surface area contributed by atoms with Crippen molar-refractivity contribution in [2.45, 2.75) is 6.61 Å². The van der Waals surface area contributed by atoms with Crippen molar-refractivity contribution in [1.82, 2.24) is 9.97 Å². The number of hydrogen-bond donors (Lipinski definition) is 1. The van der Waals surface area contributed by atoms with E-state index in [0.717, 1.165) is 10.2 Å². The van der Waals surface area contributed by atoms with Gasteiger partial charge in [-0.2, -0.15) is 0 Å². The molecule has 0 fully saturated rings. The Labute approximate surface area is 136 Å². The molecule has 1 heterocycles. The van der Waals surface area contributed by atoms with Crippen LogP contribution in [0.4, 0.5) is 5.82 Å². The summed E-state index contributed by atoms with van der Waals surface area (Å²) >= 11 is 9.76. The Kier molecular flexibility index (Phi) is 5.39. The van der Waals surface area contributed by atoms with Crippen molar-refractivity contribution in [2.24, 2.45) is 0 Å². The summed E-state index contributed by atoms with van der Waals surface area (Å²) in [6, 6.07) is 5.42. The minimum Gasteiger partial charge on any atom is -0.496 e. The van der Waals surface area contributed by atoms with E-state index in [9.17, 15) is 0 Å². The Morgan fingerprint density at radius 2 is 2.05 bits per heavy atom. The molecule has 0 unspecified atom stereocenters. The van der Waals surface area contributed by atoms with Gasteiger partial charge in [0.25, 0.3) is 0 Å². The van der Waals surface area contributed by atoms with E-state index in [1.54, 1.807) is 27.3 Å². The van der Waals surface area contributed by atoms with E-state index in [0.29, 0.717) is 34.6 Å². The highest BCUT2D eigenvalue weighted by Gasteiger charge is 2.18. The molecule has 0 spiro atoms. The van der Waals surface area contributed by atoms with Crippen molar-refractivity contribution in [1.29, 1.82) is 0 Å². The highest BCUT2D eigenvalue weighted by atomic mass is 79.9. The molecule has 1 N–H and O–H groups in total. The lowest BCUT2D eigenvalue weighted by molar-refractivity contribution is 0.181. The van der Waals surface area contributed by atoms with E-state index in [4.69, 9.17) is 21.1 Å². The largest absolute Gasteiger partial charge is 0.496 e. The maximum atomic E-state index is 6.28. The van der Waals surface area contributed by atoms with Crippen LogP contribution < -0.4 is 10.1 Å². The zero-order chi connectivity index (χ0) is 15.4. The third-order valence-corrected chi connectivity index (χ3v) is 4.00. The lowest BCUT2D eigenvalue weighted by Crippen LogP contribution is -2.05. The number of halogens is 2. The fourth-order valence-corrected chi connectivity index (χ4v) is 2.64. The predicted molar refractivity (Wildman–Crippen MR) is 87.0 cm³/mol. The average molecular weight is 373 g/mol. The predicted octanol–water partition coefficient (Wildman–Crippen LogP) is 3.76. The number of nitrogens with zero attached hydrogens (tertiary/aromatic N) is 2. The van der Waals surface area contributed by atoms with Crippen molar-refractivity contribution < 1.29 is 9.47 Å². The van der Waals surface area contributed by atoms with Crippen LogP contribution in [0.3, 0.4) is 0 Å². The number of rotatable bonds is 5. The maximum Gasteiger partial charge on any atom is 0.167 e. The summed E-state index contributed by atoms with van der Waals surface area (Å²) in [6.45, 7) is 0.359. The summed E-state index contributed by atoms with van der Waals surface area (Å²) in [5.41, 5.74) is 1.39. The first-order valence-electron chi connectivity index (χ1n) is 6.18. The molecule has 0 bridgehead atoms. The van der Waals surface area contributed by atoms with E-state index in [-0.39, 0.29) is 0 Å². The van der Waals surface area contributed by atoms with Crippen molar-refractivity contribution in [3.05, 3.63) is 33.4 Å². The number of aromatic nitrogens is 2. The Morgan fingerprint density at radius 1 is 1.29 bits per heavy atom. The highest BCUT2D eigenvalue weighted by Crippen LogP contribution is 2.36. The Morgan fingerprint density at radius 3 is 2.67 bits per heavy atom. The number of ether oxygens (including phenoxy) is 2. The molecule has 0 atom stereocenters. The summed E-state index contributed by atoms with van der Waals surface area (Å²) in [6.07, 6.45) is 0. The second kappa shape index (κ2) is 7.06. The number of hydrogen-bond acceptors (Lipinski definition) is 5. The zero-order valence-corrected chi connectivity index (χ0v) is 14.2. The van der Waals surface area contributed by atoms with E-state index >= 15 is 0 Å². The maximum absolute atomic E-state index is 6.28. The molecule has 21 heavy (non-hydrogen) atoms. The Bertz CT molecular complexity index is 652. The van der Waals surface area contributed by atoms with Crippen molar-refractivity contribution in [3.63, 3.8) is 0 Å². The monoisotopic (exact) mass is 371 g/mol. The van der Waals surface area contributed by atoms with Gasteiger partial charge in [-0.3, -0.25) is 0 Å².